The summed E-state index contributed by atoms with van der Waals surface area (Å²) in [5, 5.41) is 3.69. The molecule has 0 aliphatic rings. The summed E-state index contributed by atoms with van der Waals surface area (Å²) in [6, 6.07) is 0. The fourth-order valence-electron chi connectivity index (χ4n) is 0.733. The van der Waals surface area contributed by atoms with Crippen molar-refractivity contribution < 1.29 is 4.79 Å². The highest BCUT2D eigenvalue weighted by atomic mass is 32.1. The van der Waals surface area contributed by atoms with Crippen molar-refractivity contribution in [2.24, 2.45) is 0 Å². The van der Waals surface area contributed by atoms with Gasteiger partial charge in [0, 0.05) is 11.1 Å². The summed E-state index contributed by atoms with van der Waals surface area (Å²) in [5.74, 6) is -0.152. The van der Waals surface area contributed by atoms with Crippen molar-refractivity contribution in [1.82, 2.24) is 10.3 Å². The lowest BCUT2D eigenvalue weighted by Gasteiger charge is -1.96. The monoisotopic (exact) mass is 182 g/mol. The fourth-order valence-corrected chi connectivity index (χ4v) is 1.47. The minimum atomic E-state index is -0.152. The Hall–Kier alpha value is -1.16. The number of aromatic nitrogens is 1. The Balaban J connectivity index is 2.43. The van der Waals surface area contributed by atoms with E-state index in [9.17, 15) is 4.79 Å². The number of hydrogen-bond donors (Lipinski definition) is 1. The van der Waals surface area contributed by atoms with E-state index in [1.54, 1.807) is 17.5 Å². The first-order valence-corrected chi connectivity index (χ1v) is 4.35. The number of nitrogens with one attached hydrogen (secondary N) is 1. The molecule has 0 unspecified atom stereocenters. The second-order valence-electron chi connectivity index (χ2n) is 2.27. The van der Waals surface area contributed by atoms with Crippen LogP contribution in [0.3, 0.4) is 0 Å². The van der Waals surface area contributed by atoms with E-state index in [1.165, 1.54) is 6.08 Å². The zero-order valence-corrected chi connectivity index (χ0v) is 7.65. The van der Waals surface area contributed by atoms with E-state index >= 15 is 0 Å². The van der Waals surface area contributed by atoms with Gasteiger partial charge in [-0.2, -0.15) is 0 Å². The lowest BCUT2D eigenvalue weighted by molar-refractivity contribution is -0.116. The van der Waals surface area contributed by atoms with Gasteiger partial charge in [0.1, 0.15) is 0 Å². The van der Waals surface area contributed by atoms with Gasteiger partial charge in [-0.05, 0) is 13.0 Å². The Morgan fingerprint density at radius 1 is 1.92 bits per heavy atom. The van der Waals surface area contributed by atoms with Gasteiger partial charge in [-0.1, -0.05) is 6.58 Å². The molecule has 3 nitrogen and oxygen atoms in total. The summed E-state index contributed by atoms with van der Waals surface area (Å²) >= 11 is 1.58. The summed E-state index contributed by atoms with van der Waals surface area (Å²) in [5.41, 5.74) is 0. The minimum absolute atomic E-state index is 0.152. The van der Waals surface area contributed by atoms with Crippen molar-refractivity contribution in [1.29, 1.82) is 0 Å². The van der Waals surface area contributed by atoms with E-state index in [2.05, 4.69) is 16.9 Å². The minimum Gasteiger partial charge on any atom is -0.348 e. The number of hydrogen-bond acceptors (Lipinski definition) is 3. The molecule has 0 saturated heterocycles. The number of amides is 1. The van der Waals surface area contributed by atoms with Gasteiger partial charge in [-0.3, -0.25) is 4.79 Å². The lowest BCUT2D eigenvalue weighted by Crippen LogP contribution is -2.19. The zero-order valence-electron chi connectivity index (χ0n) is 6.83. The zero-order chi connectivity index (χ0) is 8.97. The number of nitrogens with zero attached hydrogens (tertiary/aromatic N) is 1. The summed E-state index contributed by atoms with van der Waals surface area (Å²) in [6.45, 7) is 5.83. The molecule has 4 heteroatoms. The van der Waals surface area contributed by atoms with Gasteiger partial charge in [0.2, 0.25) is 5.91 Å². The van der Waals surface area contributed by atoms with Crippen molar-refractivity contribution in [3.05, 3.63) is 28.7 Å². The van der Waals surface area contributed by atoms with Crippen LogP contribution in [-0.2, 0) is 11.3 Å². The van der Waals surface area contributed by atoms with Crippen LogP contribution < -0.4 is 5.32 Å². The van der Waals surface area contributed by atoms with Crippen molar-refractivity contribution >= 4 is 17.2 Å². The molecule has 0 spiro atoms. The predicted octanol–water partition coefficient (Wildman–Crippen LogP) is 1.25. The van der Waals surface area contributed by atoms with E-state index in [0.29, 0.717) is 6.54 Å². The molecule has 1 aromatic rings. The van der Waals surface area contributed by atoms with Gasteiger partial charge < -0.3 is 5.32 Å². The number of thiazole rings is 1. The van der Waals surface area contributed by atoms with Crippen LogP contribution in [-0.4, -0.2) is 10.9 Å². The molecule has 1 heterocycles. The van der Waals surface area contributed by atoms with Crippen LogP contribution in [0.1, 0.15) is 9.88 Å². The maximum absolute atomic E-state index is 10.7. The topological polar surface area (TPSA) is 42.0 Å². The molecule has 0 bridgehead atoms. The Labute approximate surface area is 75.1 Å². The van der Waals surface area contributed by atoms with Gasteiger partial charge in [-0.15, -0.1) is 11.3 Å². The summed E-state index contributed by atoms with van der Waals surface area (Å²) < 4.78 is 0. The van der Waals surface area contributed by atoms with Gasteiger partial charge >= 0.3 is 0 Å². The predicted molar refractivity (Wildman–Crippen MR) is 48.9 cm³/mol. The third-order valence-corrected chi connectivity index (χ3v) is 2.20. The van der Waals surface area contributed by atoms with Crippen LogP contribution in [0.15, 0.2) is 18.9 Å². The van der Waals surface area contributed by atoms with E-state index < -0.39 is 0 Å². The highest BCUT2D eigenvalue weighted by molar-refractivity contribution is 7.11. The molecule has 64 valence electrons. The van der Waals surface area contributed by atoms with Gasteiger partial charge in [-0.25, -0.2) is 4.98 Å². The maximum atomic E-state index is 10.7. The van der Waals surface area contributed by atoms with Gasteiger partial charge in [0.15, 0.2) is 0 Å². The van der Waals surface area contributed by atoms with Crippen LogP contribution in [0.2, 0.25) is 0 Å². The first-order chi connectivity index (χ1) is 5.72. The summed E-state index contributed by atoms with van der Waals surface area (Å²) in [6.07, 6.45) is 3.03. The molecule has 0 aliphatic carbocycles. The van der Waals surface area contributed by atoms with Crippen molar-refractivity contribution in [2.75, 3.05) is 0 Å². The van der Waals surface area contributed by atoms with E-state index in [4.69, 9.17) is 0 Å². The highest BCUT2D eigenvalue weighted by Crippen LogP contribution is 2.10. The van der Waals surface area contributed by atoms with E-state index in [1.807, 2.05) is 6.92 Å². The van der Waals surface area contributed by atoms with Crippen LogP contribution in [0, 0.1) is 6.92 Å². The number of rotatable bonds is 3. The molecular weight excluding hydrogens is 172 g/mol. The highest BCUT2D eigenvalue weighted by Gasteiger charge is 1.98. The third kappa shape index (κ3) is 2.47. The number of carbonyl (C=O) groups excluding carboxylic acids is 1. The van der Waals surface area contributed by atoms with Crippen molar-refractivity contribution in [2.45, 2.75) is 13.5 Å². The van der Waals surface area contributed by atoms with E-state index in [0.717, 1.165) is 9.88 Å². The Bertz CT molecular complexity index is 293. The average Bonchev–Trinajstić information content (AvgIpc) is 2.47. The maximum Gasteiger partial charge on any atom is 0.243 e. The SMILES string of the molecule is C=CC(=O)NCc1cnc(C)s1. The van der Waals surface area contributed by atoms with Crippen LogP contribution in [0.5, 0.6) is 0 Å². The van der Waals surface area contributed by atoms with E-state index in [-0.39, 0.29) is 5.91 Å². The molecule has 0 radical (unpaired) electrons. The summed E-state index contributed by atoms with van der Waals surface area (Å²) in [4.78, 5) is 15.9. The standard InChI is InChI=1S/C8H10N2OS/c1-3-8(11)10-5-7-4-9-6(2)12-7/h3-4H,1,5H2,2H3,(H,10,11). The molecule has 1 rings (SSSR count). The molecule has 0 atom stereocenters. The van der Waals surface area contributed by atoms with Crippen LogP contribution in [0.4, 0.5) is 0 Å². The largest absolute Gasteiger partial charge is 0.348 e. The van der Waals surface area contributed by atoms with Crippen molar-refractivity contribution in [3.8, 4) is 0 Å². The quantitative estimate of drug-likeness (QED) is 0.715. The molecule has 1 N–H and O–H groups in total. The second-order valence-corrected chi connectivity index (χ2v) is 3.59. The molecule has 1 amide bonds. The van der Waals surface area contributed by atoms with Gasteiger partial charge in [0.05, 0.1) is 11.6 Å². The first-order valence-electron chi connectivity index (χ1n) is 3.54. The molecular formula is C8H10N2OS. The molecule has 12 heavy (non-hydrogen) atoms. The smallest absolute Gasteiger partial charge is 0.243 e. The molecule has 1 aromatic heterocycles. The van der Waals surface area contributed by atoms with Crippen LogP contribution in [0.25, 0.3) is 0 Å². The Kier molecular flexibility index (Phi) is 2.99. The van der Waals surface area contributed by atoms with Crippen molar-refractivity contribution in [3.63, 3.8) is 0 Å². The fraction of sp³-hybridized carbons (Fsp3) is 0.250. The molecule has 0 aromatic carbocycles. The van der Waals surface area contributed by atoms with Crippen LogP contribution >= 0.6 is 11.3 Å². The molecule has 0 aliphatic heterocycles. The normalized spacial score (nSPS) is 9.42. The Morgan fingerprint density at radius 3 is 3.17 bits per heavy atom. The molecule has 0 saturated carbocycles. The third-order valence-electron chi connectivity index (χ3n) is 1.29. The number of carbonyl (C=O) groups is 1. The average molecular weight is 182 g/mol. The number of aryl methyl sites for hydroxylation is 1. The second kappa shape index (κ2) is 4.01. The molecule has 0 fully saturated rings. The Morgan fingerprint density at radius 2 is 2.67 bits per heavy atom. The lowest BCUT2D eigenvalue weighted by atomic mass is 10.5. The summed E-state index contributed by atoms with van der Waals surface area (Å²) in [7, 11) is 0. The van der Waals surface area contributed by atoms with Gasteiger partial charge in [0.25, 0.3) is 0 Å². The first kappa shape index (κ1) is 8.93.